The van der Waals surface area contributed by atoms with Gasteiger partial charge in [-0.05, 0) is 106 Å². The van der Waals surface area contributed by atoms with Crippen molar-refractivity contribution in [3.8, 4) is 5.75 Å². The molecule has 1 aliphatic rings. The zero-order valence-electron chi connectivity index (χ0n) is 39.1. The lowest BCUT2D eigenvalue weighted by Crippen LogP contribution is -2.58. The summed E-state index contributed by atoms with van der Waals surface area (Å²) in [7, 11) is -4.09. The Labute approximate surface area is 388 Å². The normalized spacial score (nSPS) is 16.0. The van der Waals surface area contributed by atoms with Gasteiger partial charge in [-0.15, -0.1) is 0 Å². The third-order valence-electron chi connectivity index (χ3n) is 11.1. The molecule has 9 N–H and O–H groups in total. The van der Waals surface area contributed by atoms with Crippen LogP contribution in [0.2, 0.25) is 0 Å². The van der Waals surface area contributed by atoms with E-state index in [0.29, 0.717) is 42.5 Å². The Bertz CT molecular complexity index is 2260. The second-order valence-corrected chi connectivity index (χ2v) is 19.6. The lowest BCUT2D eigenvalue weighted by atomic mass is 10.0. The van der Waals surface area contributed by atoms with Crippen LogP contribution in [0.4, 0.5) is 0 Å². The molecule has 0 aromatic heterocycles. The molecule has 1 heterocycles. The molecule has 17 nitrogen and oxygen atoms in total. The summed E-state index contributed by atoms with van der Waals surface area (Å²) >= 11 is 0. The molecule has 1 fully saturated rings. The first kappa shape index (κ1) is 52.6. The summed E-state index contributed by atoms with van der Waals surface area (Å²) < 4.78 is 34.6. The quantitative estimate of drug-likeness (QED) is 0.0332. The van der Waals surface area contributed by atoms with Gasteiger partial charge in [-0.3, -0.25) is 24.2 Å². The standard InChI is InChI=1S/C48H68N8O9S/c1-29(2)23-37(49)46(61)56-22-12-16-41(56)45(60)53-39(24-30(3)4)44(59)52-38(15-11-21-51-48(50)55-66(63,64)42-32(6)25-31(5)26-33(42)7)43(58)54-40(27-34-17-19-36(57)20-18-34)47(62)65-28-35-13-9-8-10-14-35/h8-10,13-14,17-20,25-26,29-30,37-41,57H,11-12,15-16,21-24,27-28,49H2,1-7H3,(H,52,59)(H,53,60)(H,54,58)(H3,50,51,55)/t37-,38-,39-,40-,41-/m0/s1. The van der Waals surface area contributed by atoms with Gasteiger partial charge in [0.2, 0.25) is 29.6 Å². The largest absolute Gasteiger partial charge is 0.508 e. The molecular formula is C48H68N8O9S. The van der Waals surface area contributed by atoms with Gasteiger partial charge in [-0.25, -0.2) is 17.9 Å². The smallest absolute Gasteiger partial charge is 0.329 e. The Balaban J connectivity index is 1.58. The lowest BCUT2D eigenvalue weighted by molar-refractivity contribution is -0.149. The SMILES string of the molecule is Cc1cc(C)c(S(=O)(=O)NC(N)=NCCC[C@H](NC(=O)[C@H](CC(C)C)NC(=O)[C@@H]2CCCN2C(=O)[C@@H](N)CC(C)C)C(=O)N[C@@H](Cc2ccc(O)cc2)C(=O)OCc2ccccc2)c(C)c1. The van der Waals surface area contributed by atoms with Crippen LogP contribution in [0.3, 0.4) is 0 Å². The predicted octanol–water partition coefficient (Wildman–Crippen LogP) is 3.54. The van der Waals surface area contributed by atoms with Crippen LogP contribution >= 0.6 is 0 Å². The van der Waals surface area contributed by atoms with Crippen molar-refractivity contribution in [2.45, 2.75) is 135 Å². The number of ether oxygens (including phenoxy) is 1. The molecule has 0 unspecified atom stereocenters. The second kappa shape index (κ2) is 24.5. The third-order valence-corrected chi connectivity index (χ3v) is 12.8. The highest BCUT2D eigenvalue weighted by molar-refractivity contribution is 7.90. The van der Waals surface area contributed by atoms with E-state index in [2.05, 4.69) is 25.7 Å². The molecule has 360 valence electrons. The number of aromatic hydroxyl groups is 1. The molecule has 18 heteroatoms. The zero-order valence-corrected chi connectivity index (χ0v) is 40.0. The van der Waals surface area contributed by atoms with E-state index in [1.165, 1.54) is 17.0 Å². The number of rotatable bonds is 22. The molecule has 66 heavy (non-hydrogen) atoms. The van der Waals surface area contributed by atoms with Crippen LogP contribution in [-0.2, 0) is 51.8 Å². The minimum absolute atomic E-state index is 0.00946. The van der Waals surface area contributed by atoms with Gasteiger partial charge in [0.15, 0.2) is 0 Å². The van der Waals surface area contributed by atoms with Crippen LogP contribution in [0, 0.1) is 32.6 Å². The van der Waals surface area contributed by atoms with Crippen molar-refractivity contribution in [1.82, 2.24) is 25.6 Å². The topological polar surface area (TPSA) is 265 Å². The fraction of sp³-hybridized carbons (Fsp3) is 0.500. The molecule has 0 saturated carbocycles. The number of nitrogens with zero attached hydrogens (tertiary/aromatic N) is 2. The van der Waals surface area contributed by atoms with Crippen LogP contribution in [0.5, 0.6) is 5.75 Å². The van der Waals surface area contributed by atoms with Gasteiger partial charge in [0.05, 0.1) is 10.9 Å². The first-order valence-electron chi connectivity index (χ1n) is 22.5. The molecule has 1 aliphatic heterocycles. The first-order valence-corrected chi connectivity index (χ1v) is 24.0. The summed E-state index contributed by atoms with van der Waals surface area (Å²) in [6.07, 6.45) is 1.65. The van der Waals surface area contributed by atoms with E-state index < -0.39 is 63.9 Å². The summed E-state index contributed by atoms with van der Waals surface area (Å²) in [5.41, 5.74) is 15.6. The van der Waals surface area contributed by atoms with Crippen molar-refractivity contribution in [3.05, 3.63) is 94.5 Å². The molecule has 4 amide bonds. The van der Waals surface area contributed by atoms with Crippen LogP contribution in [0.15, 0.2) is 76.6 Å². The van der Waals surface area contributed by atoms with Crippen molar-refractivity contribution in [2.75, 3.05) is 13.1 Å². The molecular weight excluding hydrogens is 865 g/mol. The number of carbonyl (C=O) groups is 5. The second-order valence-electron chi connectivity index (χ2n) is 17.9. The third kappa shape index (κ3) is 15.9. The van der Waals surface area contributed by atoms with Crippen LogP contribution < -0.4 is 32.1 Å². The van der Waals surface area contributed by atoms with Crippen molar-refractivity contribution < 1.29 is 42.2 Å². The van der Waals surface area contributed by atoms with E-state index in [4.69, 9.17) is 16.2 Å². The minimum Gasteiger partial charge on any atom is -0.508 e. The van der Waals surface area contributed by atoms with Crippen LogP contribution in [0.1, 0.15) is 94.0 Å². The number of amides is 4. The van der Waals surface area contributed by atoms with Crippen molar-refractivity contribution in [3.63, 3.8) is 0 Å². The van der Waals surface area contributed by atoms with Gasteiger partial charge >= 0.3 is 5.97 Å². The average Bonchev–Trinajstić information content (AvgIpc) is 3.73. The van der Waals surface area contributed by atoms with Crippen molar-refractivity contribution in [2.24, 2.45) is 28.3 Å². The summed E-state index contributed by atoms with van der Waals surface area (Å²) in [5.74, 6) is -3.30. The van der Waals surface area contributed by atoms with Crippen molar-refractivity contribution in [1.29, 1.82) is 0 Å². The number of hydrogen-bond acceptors (Lipinski definition) is 11. The number of aliphatic imine (C=N–C) groups is 1. The number of sulfonamides is 1. The summed E-state index contributed by atoms with van der Waals surface area (Å²) in [4.78, 5) is 75.2. The number of benzene rings is 3. The molecule has 0 bridgehead atoms. The van der Waals surface area contributed by atoms with Gasteiger partial charge < -0.3 is 42.2 Å². The van der Waals surface area contributed by atoms with E-state index in [1.807, 2.05) is 40.7 Å². The Hall–Kier alpha value is -6.01. The van der Waals surface area contributed by atoms with E-state index in [1.54, 1.807) is 62.4 Å². The van der Waals surface area contributed by atoms with Gasteiger partial charge in [0.1, 0.15) is 36.5 Å². The summed E-state index contributed by atoms with van der Waals surface area (Å²) in [6.45, 7) is 13.1. The highest BCUT2D eigenvalue weighted by atomic mass is 32.2. The van der Waals surface area contributed by atoms with Crippen LogP contribution in [-0.4, -0.2) is 97.3 Å². The number of likely N-dealkylation sites (tertiary alicyclic amines) is 1. The maximum atomic E-state index is 14.3. The van der Waals surface area contributed by atoms with E-state index in [9.17, 15) is 37.5 Å². The monoisotopic (exact) mass is 932 g/mol. The Kier molecular flexibility index (Phi) is 19.5. The molecule has 5 atom stereocenters. The number of nitrogens with one attached hydrogen (secondary N) is 4. The number of nitrogens with two attached hydrogens (primary N) is 2. The summed E-state index contributed by atoms with van der Waals surface area (Å²) in [5, 5.41) is 18.3. The molecule has 0 spiro atoms. The van der Waals surface area contributed by atoms with Gasteiger partial charge in [0, 0.05) is 19.5 Å². The molecule has 3 aromatic carbocycles. The zero-order chi connectivity index (χ0) is 48.7. The number of esters is 1. The Morgan fingerprint density at radius 1 is 0.833 bits per heavy atom. The predicted molar refractivity (Wildman–Crippen MR) is 252 cm³/mol. The molecule has 1 saturated heterocycles. The van der Waals surface area contributed by atoms with Gasteiger partial charge in [-0.1, -0.05) is 87.9 Å². The number of aryl methyl sites for hydroxylation is 3. The van der Waals surface area contributed by atoms with E-state index in [0.717, 1.165) is 11.1 Å². The number of guanidine groups is 1. The number of phenols is 1. The first-order chi connectivity index (χ1) is 31.1. The van der Waals surface area contributed by atoms with Gasteiger partial charge in [0.25, 0.3) is 10.0 Å². The van der Waals surface area contributed by atoms with Gasteiger partial charge in [-0.2, -0.15) is 0 Å². The summed E-state index contributed by atoms with van der Waals surface area (Å²) in [6, 6.07) is 13.3. The average molecular weight is 933 g/mol. The highest BCUT2D eigenvalue weighted by Gasteiger charge is 2.38. The van der Waals surface area contributed by atoms with Crippen LogP contribution in [0.25, 0.3) is 0 Å². The fourth-order valence-electron chi connectivity index (χ4n) is 8.11. The van der Waals surface area contributed by atoms with E-state index in [-0.39, 0.29) is 73.2 Å². The number of carbonyl (C=O) groups excluding carboxylic acids is 5. The molecule has 0 radical (unpaired) electrons. The molecule has 3 aromatic rings. The molecule has 0 aliphatic carbocycles. The minimum atomic E-state index is -4.09. The highest BCUT2D eigenvalue weighted by Crippen LogP contribution is 2.23. The number of hydrogen-bond donors (Lipinski definition) is 7. The Morgan fingerprint density at radius 3 is 2.06 bits per heavy atom. The number of phenolic OH excluding ortho intramolecular Hbond substituents is 1. The maximum Gasteiger partial charge on any atom is 0.329 e. The fourth-order valence-corrected chi connectivity index (χ4v) is 9.51. The van der Waals surface area contributed by atoms with E-state index >= 15 is 0 Å². The molecule has 4 rings (SSSR count). The van der Waals surface area contributed by atoms with Crippen molar-refractivity contribution >= 4 is 45.6 Å². The lowest BCUT2D eigenvalue weighted by Gasteiger charge is -2.30. The maximum absolute atomic E-state index is 14.3. The Morgan fingerprint density at radius 2 is 1.44 bits per heavy atom.